The monoisotopic (exact) mass is 246 g/mol. The summed E-state index contributed by atoms with van der Waals surface area (Å²) in [5.41, 5.74) is 0. The molecule has 0 aliphatic carbocycles. The number of amides is 2. The summed E-state index contributed by atoms with van der Waals surface area (Å²) in [6.45, 7) is 4.21. The zero-order valence-electron chi connectivity index (χ0n) is 9.76. The van der Waals surface area contributed by atoms with Gasteiger partial charge in [-0.3, -0.25) is 0 Å². The first-order chi connectivity index (χ1) is 8.02. The number of carboxylic acids is 1. The minimum absolute atomic E-state index is 0.318. The van der Waals surface area contributed by atoms with Gasteiger partial charge >= 0.3 is 12.0 Å². The van der Waals surface area contributed by atoms with E-state index in [1.165, 1.54) is 12.0 Å². The fourth-order valence-electron chi connectivity index (χ4n) is 1.02. The molecular formula is C10H18N2O5. The van der Waals surface area contributed by atoms with Crippen LogP contribution in [-0.4, -0.2) is 66.6 Å². The van der Waals surface area contributed by atoms with E-state index in [9.17, 15) is 9.59 Å². The topological polar surface area (TPSA) is 99.1 Å². The third-order valence-electron chi connectivity index (χ3n) is 1.93. The summed E-state index contributed by atoms with van der Waals surface area (Å²) in [5, 5.41) is 19.7. The maximum absolute atomic E-state index is 11.6. The van der Waals surface area contributed by atoms with E-state index in [1.54, 1.807) is 6.08 Å². The normalized spacial score (nSPS) is 11.6. The molecule has 2 amide bonds. The molecule has 0 fully saturated rings. The van der Waals surface area contributed by atoms with Gasteiger partial charge in [0.25, 0.3) is 0 Å². The van der Waals surface area contributed by atoms with Crippen LogP contribution in [0.3, 0.4) is 0 Å². The predicted octanol–water partition coefficient (Wildman–Crippen LogP) is -0.724. The highest BCUT2D eigenvalue weighted by atomic mass is 16.5. The lowest BCUT2D eigenvalue weighted by Gasteiger charge is -2.21. The summed E-state index contributed by atoms with van der Waals surface area (Å²) >= 11 is 0. The van der Waals surface area contributed by atoms with Crippen LogP contribution >= 0.6 is 0 Å². The molecule has 1 unspecified atom stereocenters. The van der Waals surface area contributed by atoms with E-state index in [0.29, 0.717) is 19.7 Å². The summed E-state index contributed by atoms with van der Waals surface area (Å²) in [5.74, 6) is -1.38. The van der Waals surface area contributed by atoms with E-state index in [0.717, 1.165) is 0 Å². The molecule has 0 saturated heterocycles. The van der Waals surface area contributed by atoms with Gasteiger partial charge in [0.05, 0.1) is 13.2 Å². The Morgan fingerprint density at radius 2 is 2.24 bits per heavy atom. The average Bonchev–Trinajstić information content (AvgIpc) is 2.30. The van der Waals surface area contributed by atoms with Crippen LogP contribution in [0.15, 0.2) is 12.7 Å². The van der Waals surface area contributed by atoms with Crippen LogP contribution in [0.5, 0.6) is 0 Å². The maximum Gasteiger partial charge on any atom is 0.334 e. The number of hydrogen-bond donors (Lipinski definition) is 3. The van der Waals surface area contributed by atoms with Gasteiger partial charge in [-0.05, 0) is 0 Å². The summed E-state index contributed by atoms with van der Waals surface area (Å²) in [6, 6.07) is -0.470. The minimum atomic E-state index is -1.60. The van der Waals surface area contributed by atoms with Gasteiger partial charge in [-0.25, -0.2) is 9.59 Å². The molecule has 0 bridgehead atoms. The number of carbonyl (C=O) groups excluding carboxylic acids is 1. The number of nitrogens with one attached hydrogen (secondary N) is 1. The molecule has 0 aromatic rings. The number of urea groups is 1. The number of carbonyl (C=O) groups is 2. The van der Waals surface area contributed by atoms with Crippen molar-refractivity contribution >= 4 is 12.0 Å². The van der Waals surface area contributed by atoms with Gasteiger partial charge in [0.1, 0.15) is 0 Å². The average molecular weight is 246 g/mol. The minimum Gasteiger partial charge on any atom is -0.479 e. The van der Waals surface area contributed by atoms with E-state index in [2.05, 4.69) is 11.9 Å². The van der Waals surface area contributed by atoms with Crippen molar-refractivity contribution in [3.05, 3.63) is 12.7 Å². The number of nitrogens with zero attached hydrogens (tertiary/aromatic N) is 1. The number of methoxy groups -OCH3 is 1. The van der Waals surface area contributed by atoms with Crippen molar-refractivity contribution in [2.45, 2.75) is 6.10 Å². The highest BCUT2D eigenvalue weighted by Crippen LogP contribution is 1.91. The van der Waals surface area contributed by atoms with E-state index in [4.69, 9.17) is 14.9 Å². The van der Waals surface area contributed by atoms with Gasteiger partial charge < -0.3 is 25.2 Å². The molecule has 1 atom stereocenters. The van der Waals surface area contributed by atoms with Gasteiger partial charge in [0, 0.05) is 20.2 Å². The molecule has 0 aromatic carbocycles. The smallest absolute Gasteiger partial charge is 0.334 e. The zero-order chi connectivity index (χ0) is 13.3. The predicted molar refractivity (Wildman–Crippen MR) is 60.7 cm³/mol. The van der Waals surface area contributed by atoms with E-state index in [1.807, 2.05) is 0 Å². The van der Waals surface area contributed by atoms with Gasteiger partial charge in [0.15, 0.2) is 6.10 Å². The maximum atomic E-state index is 11.6. The first kappa shape index (κ1) is 15.4. The highest BCUT2D eigenvalue weighted by Gasteiger charge is 2.16. The Balaban J connectivity index is 4.12. The molecule has 0 aliphatic heterocycles. The van der Waals surface area contributed by atoms with Gasteiger partial charge in [-0.1, -0.05) is 6.08 Å². The molecular weight excluding hydrogens is 228 g/mol. The van der Waals surface area contributed by atoms with E-state index < -0.39 is 18.1 Å². The fraction of sp³-hybridized carbons (Fsp3) is 0.600. The lowest BCUT2D eigenvalue weighted by molar-refractivity contribution is -0.146. The number of aliphatic hydroxyl groups is 1. The van der Waals surface area contributed by atoms with Crippen molar-refractivity contribution in [1.82, 2.24) is 10.2 Å². The molecule has 0 aromatic heterocycles. The largest absolute Gasteiger partial charge is 0.479 e. The molecule has 0 rings (SSSR count). The standard InChI is InChI=1S/C10H18N2O5/c1-3-4-12(5-6-17-2)10(16)11-7-8(13)9(14)15/h3,8,13H,1,4-7H2,2H3,(H,11,16)(H,14,15). The van der Waals surface area contributed by atoms with Gasteiger partial charge in [-0.2, -0.15) is 0 Å². The lowest BCUT2D eigenvalue weighted by Crippen LogP contribution is -2.45. The Bertz CT molecular complexity index is 269. The number of rotatable bonds is 8. The second-order valence-electron chi connectivity index (χ2n) is 3.27. The van der Waals surface area contributed by atoms with Crippen LogP contribution in [0.4, 0.5) is 4.79 Å². The summed E-state index contributed by atoms with van der Waals surface area (Å²) in [6.07, 6.45) is -0.0602. The summed E-state index contributed by atoms with van der Waals surface area (Å²) in [7, 11) is 1.51. The second kappa shape index (κ2) is 8.54. The molecule has 0 aliphatic rings. The Kier molecular flexibility index (Phi) is 7.74. The molecule has 98 valence electrons. The molecule has 0 heterocycles. The molecule has 0 saturated carbocycles. The molecule has 0 radical (unpaired) electrons. The quantitative estimate of drug-likeness (QED) is 0.491. The number of carboxylic acid groups (broad SMARTS) is 1. The van der Waals surface area contributed by atoms with E-state index in [-0.39, 0.29) is 6.54 Å². The van der Waals surface area contributed by atoms with Crippen LogP contribution in [-0.2, 0) is 9.53 Å². The number of aliphatic carboxylic acids is 1. The van der Waals surface area contributed by atoms with Crippen molar-refractivity contribution < 1.29 is 24.5 Å². The SMILES string of the molecule is C=CCN(CCOC)C(=O)NCC(O)C(=O)O. The lowest BCUT2D eigenvalue weighted by atomic mass is 10.3. The van der Waals surface area contributed by atoms with Crippen LogP contribution in [0.1, 0.15) is 0 Å². The first-order valence-electron chi connectivity index (χ1n) is 5.06. The van der Waals surface area contributed by atoms with Crippen molar-refractivity contribution in [2.24, 2.45) is 0 Å². The molecule has 7 heteroatoms. The molecule has 7 nitrogen and oxygen atoms in total. The van der Waals surface area contributed by atoms with Crippen LogP contribution in [0, 0.1) is 0 Å². The Hall–Kier alpha value is -1.60. The third-order valence-corrected chi connectivity index (χ3v) is 1.93. The van der Waals surface area contributed by atoms with Crippen LogP contribution < -0.4 is 5.32 Å². The molecule has 0 spiro atoms. The fourth-order valence-corrected chi connectivity index (χ4v) is 1.02. The molecule has 3 N–H and O–H groups in total. The third kappa shape index (κ3) is 6.54. The Labute approximate surface area is 99.7 Å². The zero-order valence-corrected chi connectivity index (χ0v) is 9.76. The van der Waals surface area contributed by atoms with E-state index >= 15 is 0 Å². The van der Waals surface area contributed by atoms with Crippen molar-refractivity contribution in [1.29, 1.82) is 0 Å². The first-order valence-corrected chi connectivity index (χ1v) is 5.06. The number of hydrogen-bond acceptors (Lipinski definition) is 4. The molecule has 17 heavy (non-hydrogen) atoms. The van der Waals surface area contributed by atoms with Gasteiger partial charge in [-0.15, -0.1) is 6.58 Å². The second-order valence-corrected chi connectivity index (χ2v) is 3.27. The van der Waals surface area contributed by atoms with Gasteiger partial charge in [0.2, 0.25) is 0 Å². The summed E-state index contributed by atoms with van der Waals surface area (Å²) in [4.78, 5) is 23.3. The Morgan fingerprint density at radius 3 is 2.71 bits per heavy atom. The highest BCUT2D eigenvalue weighted by molar-refractivity contribution is 5.76. The van der Waals surface area contributed by atoms with Crippen molar-refractivity contribution in [2.75, 3.05) is 33.4 Å². The number of ether oxygens (including phenoxy) is 1. The van der Waals surface area contributed by atoms with Crippen molar-refractivity contribution in [3.63, 3.8) is 0 Å². The van der Waals surface area contributed by atoms with Crippen molar-refractivity contribution in [3.8, 4) is 0 Å². The van der Waals surface area contributed by atoms with Crippen LogP contribution in [0.25, 0.3) is 0 Å². The Morgan fingerprint density at radius 1 is 1.59 bits per heavy atom. The number of aliphatic hydroxyl groups excluding tert-OH is 1. The summed E-state index contributed by atoms with van der Waals surface area (Å²) < 4.78 is 4.83. The van der Waals surface area contributed by atoms with Crippen LogP contribution in [0.2, 0.25) is 0 Å².